The summed E-state index contributed by atoms with van der Waals surface area (Å²) >= 11 is 0. The summed E-state index contributed by atoms with van der Waals surface area (Å²) in [5, 5.41) is 3.61. The van der Waals surface area contributed by atoms with Crippen LogP contribution in [0.5, 0.6) is 0 Å². The molecule has 0 spiro atoms. The average Bonchev–Trinajstić information content (AvgIpc) is 2.26. The van der Waals surface area contributed by atoms with Crippen molar-refractivity contribution in [3.8, 4) is 0 Å². The van der Waals surface area contributed by atoms with E-state index in [1.165, 1.54) is 6.42 Å². The van der Waals surface area contributed by atoms with Crippen LogP contribution in [-0.4, -0.2) is 49.3 Å². The summed E-state index contributed by atoms with van der Waals surface area (Å²) in [6.07, 6.45) is 2.32. The van der Waals surface area contributed by atoms with Gasteiger partial charge >= 0.3 is 0 Å². The lowest BCUT2D eigenvalue weighted by Crippen LogP contribution is -2.62. The van der Waals surface area contributed by atoms with Crippen LogP contribution in [0.2, 0.25) is 0 Å². The Balaban J connectivity index is 2.34. The SMILES string of the molecule is CCCOCCN1CC(CC)NCC1(C)C. The second-order valence-corrected chi connectivity index (χ2v) is 5.36. The molecule has 3 nitrogen and oxygen atoms in total. The smallest absolute Gasteiger partial charge is 0.0593 e. The van der Waals surface area contributed by atoms with Crippen LogP contribution in [0.25, 0.3) is 0 Å². The normalized spacial score (nSPS) is 25.9. The first kappa shape index (κ1) is 13.9. The summed E-state index contributed by atoms with van der Waals surface area (Å²) in [5.41, 5.74) is 0.265. The van der Waals surface area contributed by atoms with Crippen LogP contribution in [0.1, 0.15) is 40.5 Å². The molecule has 1 N–H and O–H groups in total. The van der Waals surface area contributed by atoms with E-state index in [4.69, 9.17) is 4.74 Å². The standard InChI is InChI=1S/C13H28N2O/c1-5-8-16-9-7-15-10-12(6-2)14-11-13(15,3)4/h12,14H,5-11H2,1-4H3. The molecule has 1 atom stereocenters. The molecule has 1 rings (SSSR count). The minimum Gasteiger partial charge on any atom is -0.380 e. The average molecular weight is 228 g/mol. The van der Waals surface area contributed by atoms with Crippen molar-refractivity contribution in [1.29, 1.82) is 0 Å². The Hall–Kier alpha value is -0.120. The van der Waals surface area contributed by atoms with Crippen LogP contribution in [0.15, 0.2) is 0 Å². The lowest BCUT2D eigenvalue weighted by Gasteiger charge is -2.46. The van der Waals surface area contributed by atoms with Crippen molar-refractivity contribution in [2.45, 2.75) is 52.1 Å². The molecular weight excluding hydrogens is 200 g/mol. The van der Waals surface area contributed by atoms with Gasteiger partial charge in [-0.1, -0.05) is 13.8 Å². The van der Waals surface area contributed by atoms with E-state index < -0.39 is 0 Å². The second-order valence-electron chi connectivity index (χ2n) is 5.36. The predicted molar refractivity (Wildman–Crippen MR) is 68.8 cm³/mol. The number of piperazine rings is 1. The molecule has 0 amide bonds. The third-order valence-corrected chi connectivity index (χ3v) is 3.47. The van der Waals surface area contributed by atoms with Crippen molar-refractivity contribution >= 4 is 0 Å². The topological polar surface area (TPSA) is 24.5 Å². The van der Waals surface area contributed by atoms with E-state index in [-0.39, 0.29) is 5.54 Å². The molecule has 1 heterocycles. The van der Waals surface area contributed by atoms with E-state index in [0.717, 1.165) is 39.3 Å². The van der Waals surface area contributed by atoms with Gasteiger partial charge in [-0.15, -0.1) is 0 Å². The first-order valence-electron chi connectivity index (χ1n) is 6.66. The second kappa shape index (κ2) is 6.58. The zero-order chi connectivity index (χ0) is 12.0. The maximum atomic E-state index is 5.59. The van der Waals surface area contributed by atoms with Gasteiger partial charge in [-0.25, -0.2) is 0 Å². The molecule has 3 heteroatoms. The molecule has 1 unspecified atom stereocenters. The van der Waals surface area contributed by atoms with Gasteiger partial charge in [0.2, 0.25) is 0 Å². The highest BCUT2D eigenvalue weighted by Crippen LogP contribution is 2.18. The van der Waals surface area contributed by atoms with Gasteiger partial charge in [0, 0.05) is 37.8 Å². The van der Waals surface area contributed by atoms with Gasteiger partial charge in [0.15, 0.2) is 0 Å². The van der Waals surface area contributed by atoms with Crippen molar-refractivity contribution < 1.29 is 4.74 Å². The number of nitrogens with zero attached hydrogens (tertiary/aromatic N) is 1. The minimum absolute atomic E-state index is 0.265. The molecule has 96 valence electrons. The molecule has 0 bridgehead atoms. The largest absolute Gasteiger partial charge is 0.380 e. The van der Waals surface area contributed by atoms with Crippen LogP contribution >= 0.6 is 0 Å². The number of nitrogens with one attached hydrogen (secondary N) is 1. The Morgan fingerprint density at radius 3 is 2.69 bits per heavy atom. The number of rotatable bonds is 6. The van der Waals surface area contributed by atoms with Crippen LogP contribution in [0.4, 0.5) is 0 Å². The molecule has 1 fully saturated rings. The Kier molecular flexibility index (Phi) is 5.73. The number of hydrogen-bond donors (Lipinski definition) is 1. The van der Waals surface area contributed by atoms with Crippen LogP contribution in [-0.2, 0) is 4.74 Å². The Labute approximate surface area is 101 Å². The summed E-state index contributed by atoms with van der Waals surface area (Å²) in [7, 11) is 0. The van der Waals surface area contributed by atoms with E-state index in [1.807, 2.05) is 0 Å². The Bertz CT molecular complexity index is 194. The number of ether oxygens (including phenoxy) is 1. The summed E-state index contributed by atoms with van der Waals surface area (Å²) in [4.78, 5) is 2.56. The van der Waals surface area contributed by atoms with Crippen molar-refractivity contribution in [3.05, 3.63) is 0 Å². The van der Waals surface area contributed by atoms with Gasteiger partial charge in [-0.3, -0.25) is 4.90 Å². The quantitative estimate of drug-likeness (QED) is 0.703. The van der Waals surface area contributed by atoms with E-state index in [9.17, 15) is 0 Å². The Morgan fingerprint density at radius 2 is 2.06 bits per heavy atom. The molecule has 1 saturated heterocycles. The molecule has 0 aromatic rings. The van der Waals surface area contributed by atoms with E-state index in [1.54, 1.807) is 0 Å². The van der Waals surface area contributed by atoms with E-state index in [2.05, 4.69) is 37.9 Å². The minimum atomic E-state index is 0.265. The van der Waals surface area contributed by atoms with Gasteiger partial charge in [0.05, 0.1) is 6.61 Å². The molecule has 0 saturated carbocycles. The van der Waals surface area contributed by atoms with Gasteiger partial charge in [-0.2, -0.15) is 0 Å². The van der Waals surface area contributed by atoms with Gasteiger partial charge in [0.25, 0.3) is 0 Å². The third kappa shape index (κ3) is 4.04. The lowest BCUT2D eigenvalue weighted by atomic mass is 9.96. The lowest BCUT2D eigenvalue weighted by molar-refractivity contribution is 0.0282. The maximum absolute atomic E-state index is 5.59. The summed E-state index contributed by atoms with van der Waals surface area (Å²) in [6, 6.07) is 0.652. The molecule has 1 aliphatic rings. The van der Waals surface area contributed by atoms with Gasteiger partial charge in [0.1, 0.15) is 0 Å². The molecule has 16 heavy (non-hydrogen) atoms. The zero-order valence-corrected chi connectivity index (χ0v) is 11.4. The van der Waals surface area contributed by atoms with Crippen molar-refractivity contribution in [1.82, 2.24) is 10.2 Å². The first-order valence-corrected chi connectivity index (χ1v) is 6.66. The Morgan fingerprint density at radius 1 is 1.31 bits per heavy atom. The van der Waals surface area contributed by atoms with E-state index >= 15 is 0 Å². The summed E-state index contributed by atoms with van der Waals surface area (Å²) < 4.78 is 5.59. The third-order valence-electron chi connectivity index (χ3n) is 3.47. The van der Waals surface area contributed by atoms with Crippen molar-refractivity contribution in [2.24, 2.45) is 0 Å². The first-order chi connectivity index (χ1) is 7.60. The monoisotopic (exact) mass is 228 g/mol. The van der Waals surface area contributed by atoms with Gasteiger partial charge < -0.3 is 10.1 Å². The van der Waals surface area contributed by atoms with Crippen LogP contribution in [0, 0.1) is 0 Å². The molecule has 0 aromatic carbocycles. The molecular formula is C13H28N2O. The molecule has 1 aliphatic heterocycles. The fourth-order valence-corrected chi connectivity index (χ4v) is 2.17. The highest BCUT2D eigenvalue weighted by molar-refractivity contribution is 4.92. The predicted octanol–water partition coefficient (Wildman–Crippen LogP) is 1.88. The fourth-order valence-electron chi connectivity index (χ4n) is 2.17. The van der Waals surface area contributed by atoms with Crippen LogP contribution < -0.4 is 5.32 Å². The highest BCUT2D eigenvalue weighted by atomic mass is 16.5. The number of hydrogen-bond acceptors (Lipinski definition) is 3. The molecule has 0 aliphatic carbocycles. The summed E-state index contributed by atoms with van der Waals surface area (Å²) in [6.45, 7) is 14.1. The highest BCUT2D eigenvalue weighted by Gasteiger charge is 2.32. The van der Waals surface area contributed by atoms with Crippen LogP contribution in [0.3, 0.4) is 0 Å². The van der Waals surface area contributed by atoms with E-state index in [0.29, 0.717) is 6.04 Å². The maximum Gasteiger partial charge on any atom is 0.0593 e. The molecule has 0 radical (unpaired) electrons. The fraction of sp³-hybridized carbons (Fsp3) is 1.00. The van der Waals surface area contributed by atoms with Crippen molar-refractivity contribution in [2.75, 3.05) is 32.8 Å². The van der Waals surface area contributed by atoms with Gasteiger partial charge in [-0.05, 0) is 26.7 Å². The zero-order valence-electron chi connectivity index (χ0n) is 11.4. The molecule has 0 aromatic heterocycles. The van der Waals surface area contributed by atoms with Crippen molar-refractivity contribution in [3.63, 3.8) is 0 Å². The summed E-state index contributed by atoms with van der Waals surface area (Å²) in [5.74, 6) is 0.